The monoisotopic (exact) mass is 758 g/mol. The number of carbonyl (C=O) groups is 1. The predicted octanol–water partition coefficient (Wildman–Crippen LogP) is 11.1. The molecule has 0 saturated heterocycles. The van der Waals surface area contributed by atoms with Gasteiger partial charge in [0, 0.05) is 31.6 Å². The van der Waals surface area contributed by atoms with Gasteiger partial charge in [-0.1, -0.05) is 176 Å². The molecule has 0 bridgehead atoms. The van der Waals surface area contributed by atoms with E-state index in [-0.39, 0.29) is 6.10 Å². The first kappa shape index (κ1) is 45.5. The first-order valence-corrected chi connectivity index (χ1v) is 21.0. The summed E-state index contributed by atoms with van der Waals surface area (Å²) in [6.07, 6.45) is 21.9. The SMILES string of the molecule is C=C(c1ccccc1)c1c(N)ncnc1N(Cc1ccccc1)Cc1cccc(C#CCCCCC)c1.CCCCCCCCCNC=O.OC1CCCCC1. The molecular weight excluding hydrogens is 691 g/mol. The standard InChI is InChI=1S/C33H34N4.C10H21NO.C6H12O/c1-3-4-5-6-9-15-27-18-14-19-29(22-27)24-37(23-28-16-10-7-11-17-28)33-31(32(34)35-25-36-33)26(2)30-20-12-8-13-21-30;1-2-3-4-5-6-7-8-9-11-10-12;7-6-4-2-1-3-5-6/h7-8,10-14,16-22,25H,2-6,23-24H2,1H3,(H2,34,35,36);10H,2-9H2,1H3,(H,11,12);6-7H,1-5H2. The van der Waals surface area contributed by atoms with Gasteiger partial charge in [-0.15, -0.1) is 0 Å². The van der Waals surface area contributed by atoms with E-state index >= 15 is 0 Å². The van der Waals surface area contributed by atoms with E-state index in [0.717, 1.165) is 78.7 Å². The Morgan fingerprint density at radius 2 is 1.45 bits per heavy atom. The molecule has 0 aliphatic heterocycles. The van der Waals surface area contributed by atoms with E-state index in [2.05, 4.69) is 96.0 Å². The van der Waals surface area contributed by atoms with Crippen LogP contribution in [0, 0.1) is 11.8 Å². The molecule has 1 heterocycles. The smallest absolute Gasteiger partial charge is 0.207 e. The molecule has 0 spiro atoms. The van der Waals surface area contributed by atoms with Crippen LogP contribution in [0.25, 0.3) is 5.57 Å². The molecule has 0 unspecified atom stereocenters. The molecule has 1 saturated carbocycles. The van der Waals surface area contributed by atoms with Crippen LogP contribution in [-0.2, 0) is 17.9 Å². The van der Waals surface area contributed by atoms with Crippen LogP contribution in [0.4, 0.5) is 11.6 Å². The number of amides is 1. The van der Waals surface area contributed by atoms with Crippen LogP contribution in [0.5, 0.6) is 0 Å². The van der Waals surface area contributed by atoms with Gasteiger partial charge in [0.05, 0.1) is 11.7 Å². The second kappa shape index (κ2) is 28.5. The lowest BCUT2D eigenvalue weighted by Gasteiger charge is -2.27. The van der Waals surface area contributed by atoms with Crippen LogP contribution in [-0.4, -0.2) is 34.1 Å². The van der Waals surface area contributed by atoms with Crippen molar-refractivity contribution in [3.8, 4) is 11.8 Å². The van der Waals surface area contributed by atoms with Gasteiger partial charge in [-0.2, -0.15) is 0 Å². The summed E-state index contributed by atoms with van der Waals surface area (Å²) in [6, 6.07) is 28.9. The fourth-order valence-corrected chi connectivity index (χ4v) is 6.63. The third kappa shape index (κ3) is 18.1. The molecule has 0 radical (unpaired) electrons. The van der Waals surface area contributed by atoms with Gasteiger partial charge in [-0.05, 0) is 60.1 Å². The van der Waals surface area contributed by atoms with E-state index in [1.807, 2.05) is 36.4 Å². The van der Waals surface area contributed by atoms with Crippen molar-refractivity contribution in [3.05, 3.63) is 126 Å². The highest BCUT2D eigenvalue weighted by atomic mass is 16.3. The van der Waals surface area contributed by atoms with Crippen molar-refractivity contribution in [2.45, 2.75) is 136 Å². The van der Waals surface area contributed by atoms with Crippen LogP contribution in [0.1, 0.15) is 144 Å². The summed E-state index contributed by atoms with van der Waals surface area (Å²) in [5, 5.41) is 11.6. The van der Waals surface area contributed by atoms with E-state index in [4.69, 9.17) is 15.8 Å². The molecule has 1 aromatic heterocycles. The van der Waals surface area contributed by atoms with Gasteiger partial charge in [-0.25, -0.2) is 9.97 Å². The summed E-state index contributed by atoms with van der Waals surface area (Å²) in [5.74, 6) is 7.85. The fourth-order valence-electron chi connectivity index (χ4n) is 6.63. The highest BCUT2D eigenvalue weighted by Gasteiger charge is 2.20. The van der Waals surface area contributed by atoms with Crippen LogP contribution in [0.3, 0.4) is 0 Å². The highest BCUT2D eigenvalue weighted by molar-refractivity contribution is 5.88. The van der Waals surface area contributed by atoms with E-state index in [1.165, 1.54) is 82.5 Å². The van der Waals surface area contributed by atoms with E-state index in [1.54, 1.807) is 0 Å². The lowest BCUT2D eigenvalue weighted by molar-refractivity contribution is -0.109. The number of nitrogens with zero attached hydrogens (tertiary/aromatic N) is 3. The molecule has 7 heteroatoms. The number of nitrogens with one attached hydrogen (secondary N) is 1. The van der Waals surface area contributed by atoms with Gasteiger partial charge in [-0.3, -0.25) is 4.79 Å². The van der Waals surface area contributed by atoms with Crippen LogP contribution >= 0.6 is 0 Å². The van der Waals surface area contributed by atoms with Crippen molar-refractivity contribution in [1.82, 2.24) is 15.3 Å². The normalized spacial score (nSPS) is 12.1. The molecule has 5 rings (SSSR count). The summed E-state index contributed by atoms with van der Waals surface area (Å²) < 4.78 is 0. The number of hydrogen-bond donors (Lipinski definition) is 3. The number of aliphatic hydroxyl groups is 1. The third-order valence-corrected chi connectivity index (χ3v) is 9.82. The maximum atomic E-state index is 9.87. The van der Waals surface area contributed by atoms with Gasteiger partial charge in [0.2, 0.25) is 6.41 Å². The minimum Gasteiger partial charge on any atom is -0.393 e. The maximum absolute atomic E-state index is 9.87. The Labute approximate surface area is 338 Å². The maximum Gasteiger partial charge on any atom is 0.207 e. The van der Waals surface area contributed by atoms with Crippen molar-refractivity contribution in [2.24, 2.45) is 0 Å². The number of carbonyl (C=O) groups excluding carboxylic acids is 1. The van der Waals surface area contributed by atoms with Crippen LogP contribution in [0.15, 0.2) is 97.8 Å². The Kier molecular flexibility index (Phi) is 23.1. The third-order valence-electron chi connectivity index (χ3n) is 9.82. The Morgan fingerprint density at radius 1 is 0.821 bits per heavy atom. The number of nitrogen functional groups attached to an aromatic ring is 1. The van der Waals surface area contributed by atoms with Crippen molar-refractivity contribution in [2.75, 3.05) is 17.2 Å². The van der Waals surface area contributed by atoms with E-state index in [9.17, 15) is 4.79 Å². The number of aromatic nitrogens is 2. The zero-order chi connectivity index (χ0) is 40.1. The van der Waals surface area contributed by atoms with E-state index < -0.39 is 0 Å². The Morgan fingerprint density at radius 3 is 2.11 bits per heavy atom. The second-order valence-corrected chi connectivity index (χ2v) is 14.6. The summed E-state index contributed by atoms with van der Waals surface area (Å²) in [6.45, 7) is 11.0. The van der Waals surface area contributed by atoms with Crippen molar-refractivity contribution < 1.29 is 9.90 Å². The molecule has 300 valence electrons. The first-order valence-electron chi connectivity index (χ1n) is 21.0. The van der Waals surface area contributed by atoms with Crippen molar-refractivity contribution >= 4 is 23.6 Å². The minimum absolute atomic E-state index is 0.0359. The zero-order valence-electron chi connectivity index (χ0n) is 34.2. The fraction of sp³-hybridized carbons (Fsp3) is 0.449. The molecule has 3 aromatic carbocycles. The molecule has 4 N–H and O–H groups in total. The van der Waals surface area contributed by atoms with E-state index in [0.29, 0.717) is 18.9 Å². The van der Waals surface area contributed by atoms with Crippen molar-refractivity contribution in [1.29, 1.82) is 0 Å². The summed E-state index contributed by atoms with van der Waals surface area (Å²) in [5.41, 5.74) is 12.4. The average Bonchev–Trinajstić information content (AvgIpc) is 3.23. The highest BCUT2D eigenvalue weighted by Crippen LogP contribution is 2.34. The molecule has 7 nitrogen and oxygen atoms in total. The number of aliphatic hydroxyl groups excluding tert-OH is 1. The summed E-state index contributed by atoms with van der Waals surface area (Å²) in [4.78, 5) is 21.1. The average molecular weight is 758 g/mol. The topological polar surface area (TPSA) is 104 Å². The minimum atomic E-state index is 0.0359. The van der Waals surface area contributed by atoms with Gasteiger partial charge in [0.25, 0.3) is 0 Å². The number of unbranched alkanes of at least 4 members (excludes halogenated alkanes) is 9. The van der Waals surface area contributed by atoms with Crippen LogP contribution < -0.4 is 16.0 Å². The number of anilines is 2. The number of rotatable bonds is 19. The van der Waals surface area contributed by atoms with Crippen molar-refractivity contribution in [3.63, 3.8) is 0 Å². The Hall–Kier alpha value is -4.93. The predicted molar refractivity (Wildman–Crippen MR) is 236 cm³/mol. The number of nitrogens with two attached hydrogens (primary N) is 1. The molecule has 0 atom stereocenters. The summed E-state index contributed by atoms with van der Waals surface area (Å²) >= 11 is 0. The first-order chi connectivity index (χ1) is 27.5. The molecular formula is C49H67N5O2. The lowest BCUT2D eigenvalue weighted by Crippen LogP contribution is -2.25. The molecule has 1 fully saturated rings. The van der Waals surface area contributed by atoms with Crippen LogP contribution in [0.2, 0.25) is 0 Å². The summed E-state index contributed by atoms with van der Waals surface area (Å²) in [7, 11) is 0. The lowest BCUT2D eigenvalue weighted by atomic mass is 9.98. The van der Waals surface area contributed by atoms with Gasteiger partial charge in [0.15, 0.2) is 0 Å². The second-order valence-electron chi connectivity index (χ2n) is 14.6. The Balaban J connectivity index is 0.000000362. The Bertz CT molecular complexity index is 1710. The molecule has 4 aromatic rings. The number of hydrogen-bond acceptors (Lipinski definition) is 6. The zero-order valence-corrected chi connectivity index (χ0v) is 34.2. The number of benzene rings is 3. The molecule has 56 heavy (non-hydrogen) atoms. The molecule has 1 amide bonds. The molecule has 1 aliphatic rings. The van der Waals surface area contributed by atoms with Gasteiger partial charge >= 0.3 is 0 Å². The van der Waals surface area contributed by atoms with Gasteiger partial charge < -0.3 is 21.1 Å². The quantitative estimate of drug-likeness (QED) is 0.0500. The molecule has 1 aliphatic carbocycles. The largest absolute Gasteiger partial charge is 0.393 e. The van der Waals surface area contributed by atoms with Gasteiger partial charge in [0.1, 0.15) is 18.0 Å².